The minimum atomic E-state index is 0.218. The van der Waals surface area contributed by atoms with E-state index in [-0.39, 0.29) is 5.91 Å². The van der Waals surface area contributed by atoms with Crippen molar-refractivity contribution in [3.63, 3.8) is 0 Å². The highest BCUT2D eigenvalue weighted by atomic mass is 16.5. The Labute approximate surface area is 119 Å². The number of hydrogen-bond acceptors (Lipinski definition) is 4. The Morgan fingerprint density at radius 1 is 1.15 bits per heavy atom. The van der Waals surface area contributed by atoms with Gasteiger partial charge in [0.2, 0.25) is 5.91 Å². The number of nitrogens with zero attached hydrogens (tertiary/aromatic N) is 2. The molecule has 2 N–H and O–H groups in total. The van der Waals surface area contributed by atoms with E-state index in [0.29, 0.717) is 6.42 Å². The van der Waals surface area contributed by atoms with Crippen LogP contribution in [0.2, 0.25) is 0 Å². The molecule has 20 heavy (non-hydrogen) atoms. The fraction of sp³-hybridized carbons (Fsp3) is 0.533. The lowest BCUT2D eigenvalue weighted by Crippen LogP contribution is -2.44. The summed E-state index contributed by atoms with van der Waals surface area (Å²) in [6, 6.07) is 5.84. The van der Waals surface area contributed by atoms with Gasteiger partial charge in [0.05, 0.1) is 13.2 Å². The molecule has 0 saturated carbocycles. The smallest absolute Gasteiger partial charge is 0.227 e. The monoisotopic (exact) mass is 275 g/mol. The number of rotatable bonds is 3. The lowest BCUT2D eigenvalue weighted by atomic mass is 10.0. The number of benzene rings is 1. The van der Waals surface area contributed by atoms with Gasteiger partial charge in [-0.3, -0.25) is 9.69 Å². The summed E-state index contributed by atoms with van der Waals surface area (Å²) in [7, 11) is 0. The van der Waals surface area contributed by atoms with Gasteiger partial charge in [-0.15, -0.1) is 0 Å². The summed E-state index contributed by atoms with van der Waals surface area (Å²) in [5.74, 6) is 0.218. The van der Waals surface area contributed by atoms with Crippen LogP contribution in [0.4, 0.5) is 11.4 Å². The molecule has 0 bridgehead atoms. The first-order chi connectivity index (χ1) is 9.74. The van der Waals surface area contributed by atoms with Gasteiger partial charge < -0.3 is 15.4 Å². The summed E-state index contributed by atoms with van der Waals surface area (Å²) >= 11 is 0. The molecular weight excluding hydrogens is 254 g/mol. The van der Waals surface area contributed by atoms with E-state index in [1.54, 1.807) is 0 Å². The molecule has 5 heteroatoms. The lowest BCUT2D eigenvalue weighted by Gasteiger charge is -2.33. The molecule has 3 rings (SSSR count). The summed E-state index contributed by atoms with van der Waals surface area (Å²) in [4.78, 5) is 16.4. The zero-order chi connectivity index (χ0) is 13.9. The van der Waals surface area contributed by atoms with Crippen molar-refractivity contribution in [3.05, 3.63) is 23.8 Å². The second-order valence-electron chi connectivity index (χ2n) is 5.39. The third-order valence-electron chi connectivity index (χ3n) is 4.05. The predicted molar refractivity (Wildman–Crippen MR) is 78.8 cm³/mol. The Hall–Kier alpha value is -1.59. The van der Waals surface area contributed by atoms with Crippen molar-refractivity contribution < 1.29 is 9.53 Å². The minimum Gasteiger partial charge on any atom is -0.399 e. The van der Waals surface area contributed by atoms with Gasteiger partial charge in [-0.05, 0) is 30.2 Å². The number of ether oxygens (including phenoxy) is 1. The second-order valence-corrected chi connectivity index (χ2v) is 5.39. The van der Waals surface area contributed by atoms with E-state index in [2.05, 4.69) is 4.90 Å². The van der Waals surface area contributed by atoms with E-state index >= 15 is 0 Å². The van der Waals surface area contributed by atoms with Crippen LogP contribution in [0.1, 0.15) is 12.0 Å². The zero-order valence-electron chi connectivity index (χ0n) is 11.7. The van der Waals surface area contributed by atoms with Crippen molar-refractivity contribution in [1.29, 1.82) is 0 Å². The van der Waals surface area contributed by atoms with Crippen LogP contribution < -0.4 is 10.6 Å². The van der Waals surface area contributed by atoms with Crippen LogP contribution >= 0.6 is 0 Å². The van der Waals surface area contributed by atoms with Crippen molar-refractivity contribution in [2.24, 2.45) is 0 Å². The molecule has 1 aromatic carbocycles. The maximum absolute atomic E-state index is 12.2. The van der Waals surface area contributed by atoms with Gasteiger partial charge in [-0.25, -0.2) is 0 Å². The fourth-order valence-corrected chi connectivity index (χ4v) is 2.89. The Morgan fingerprint density at radius 3 is 2.75 bits per heavy atom. The number of fused-ring (bicyclic) bond motifs is 1. The summed E-state index contributed by atoms with van der Waals surface area (Å²) in [6.07, 6.45) is 1.38. The normalized spacial score (nSPS) is 20.0. The average molecular weight is 275 g/mol. The number of anilines is 2. The van der Waals surface area contributed by atoms with Crippen molar-refractivity contribution >= 4 is 17.3 Å². The first-order valence-corrected chi connectivity index (χ1v) is 7.23. The molecule has 0 radical (unpaired) electrons. The molecule has 1 aromatic rings. The van der Waals surface area contributed by atoms with Gasteiger partial charge in [-0.1, -0.05) is 0 Å². The number of carbonyl (C=O) groups is 1. The van der Waals surface area contributed by atoms with Gasteiger partial charge in [-0.2, -0.15) is 0 Å². The molecule has 2 aliphatic heterocycles. The van der Waals surface area contributed by atoms with Crippen LogP contribution in [0, 0.1) is 0 Å². The molecule has 1 fully saturated rings. The van der Waals surface area contributed by atoms with Crippen molar-refractivity contribution in [2.75, 3.05) is 50.0 Å². The molecule has 0 unspecified atom stereocenters. The van der Waals surface area contributed by atoms with E-state index < -0.39 is 0 Å². The predicted octanol–water partition coefficient (Wildman–Crippen LogP) is 0.880. The van der Waals surface area contributed by atoms with E-state index in [1.807, 2.05) is 23.1 Å². The highest BCUT2D eigenvalue weighted by Crippen LogP contribution is 2.29. The standard InChI is InChI=1S/C15H21N3O2/c16-13-2-3-14-12(11-13)1-4-15(19)18(14)6-5-17-7-9-20-10-8-17/h2-3,11H,1,4-10,16H2. The molecule has 5 nitrogen and oxygen atoms in total. The highest BCUT2D eigenvalue weighted by molar-refractivity contribution is 5.96. The first kappa shape index (κ1) is 13.4. The van der Waals surface area contributed by atoms with Crippen LogP contribution in [0.25, 0.3) is 0 Å². The SMILES string of the molecule is Nc1ccc2c(c1)CCC(=O)N2CCN1CCOCC1. The molecule has 0 aliphatic carbocycles. The minimum absolute atomic E-state index is 0.218. The summed E-state index contributed by atoms with van der Waals surface area (Å²) < 4.78 is 5.35. The van der Waals surface area contributed by atoms with E-state index in [9.17, 15) is 4.79 Å². The van der Waals surface area contributed by atoms with Crippen LogP contribution in [0.15, 0.2) is 18.2 Å². The molecule has 2 aliphatic rings. The fourth-order valence-electron chi connectivity index (χ4n) is 2.89. The largest absolute Gasteiger partial charge is 0.399 e. The van der Waals surface area contributed by atoms with Gasteiger partial charge in [0.1, 0.15) is 0 Å². The number of hydrogen-bond donors (Lipinski definition) is 1. The van der Waals surface area contributed by atoms with Gasteiger partial charge in [0, 0.05) is 44.0 Å². The second kappa shape index (κ2) is 5.81. The lowest BCUT2D eigenvalue weighted by molar-refractivity contribution is -0.119. The summed E-state index contributed by atoms with van der Waals surface area (Å²) in [6.45, 7) is 5.14. The maximum atomic E-state index is 12.2. The van der Waals surface area contributed by atoms with Gasteiger partial charge in [0.25, 0.3) is 0 Å². The molecule has 108 valence electrons. The zero-order valence-corrected chi connectivity index (χ0v) is 11.7. The molecule has 0 aromatic heterocycles. The molecule has 2 heterocycles. The molecule has 0 spiro atoms. The Bertz CT molecular complexity index is 498. The molecule has 1 saturated heterocycles. The number of nitrogen functional groups attached to an aromatic ring is 1. The average Bonchev–Trinajstić information content (AvgIpc) is 2.47. The first-order valence-electron chi connectivity index (χ1n) is 7.23. The van der Waals surface area contributed by atoms with Crippen molar-refractivity contribution in [3.8, 4) is 0 Å². The Morgan fingerprint density at radius 2 is 1.95 bits per heavy atom. The van der Waals surface area contributed by atoms with E-state index in [4.69, 9.17) is 10.5 Å². The topological polar surface area (TPSA) is 58.8 Å². The molecule has 0 atom stereocenters. The number of carbonyl (C=O) groups excluding carboxylic acids is 1. The Kier molecular flexibility index (Phi) is 3.89. The highest BCUT2D eigenvalue weighted by Gasteiger charge is 2.24. The molecular formula is C15H21N3O2. The number of morpholine rings is 1. The third-order valence-corrected chi connectivity index (χ3v) is 4.05. The number of aryl methyl sites for hydroxylation is 1. The number of nitrogens with two attached hydrogens (primary N) is 1. The third kappa shape index (κ3) is 2.78. The van der Waals surface area contributed by atoms with Gasteiger partial charge >= 0.3 is 0 Å². The van der Waals surface area contributed by atoms with Gasteiger partial charge in [0.15, 0.2) is 0 Å². The van der Waals surface area contributed by atoms with Crippen molar-refractivity contribution in [1.82, 2.24) is 4.90 Å². The van der Waals surface area contributed by atoms with Crippen LogP contribution in [-0.4, -0.2) is 50.2 Å². The van der Waals surface area contributed by atoms with E-state index in [0.717, 1.165) is 57.2 Å². The number of amides is 1. The Balaban J connectivity index is 1.70. The summed E-state index contributed by atoms with van der Waals surface area (Å²) in [5, 5.41) is 0. The molecule has 1 amide bonds. The van der Waals surface area contributed by atoms with Crippen molar-refractivity contribution in [2.45, 2.75) is 12.8 Å². The van der Waals surface area contributed by atoms with E-state index in [1.165, 1.54) is 5.56 Å². The van der Waals surface area contributed by atoms with Crippen LogP contribution in [-0.2, 0) is 16.0 Å². The van der Waals surface area contributed by atoms with Crippen LogP contribution in [0.5, 0.6) is 0 Å². The maximum Gasteiger partial charge on any atom is 0.227 e. The van der Waals surface area contributed by atoms with Crippen LogP contribution in [0.3, 0.4) is 0 Å². The quantitative estimate of drug-likeness (QED) is 0.832. The summed E-state index contributed by atoms with van der Waals surface area (Å²) in [5.41, 5.74) is 8.81.